The van der Waals surface area contributed by atoms with Crippen molar-refractivity contribution in [2.75, 3.05) is 5.73 Å². The van der Waals surface area contributed by atoms with Gasteiger partial charge in [-0.2, -0.15) is 0 Å². The van der Waals surface area contributed by atoms with Crippen molar-refractivity contribution in [3.05, 3.63) is 54.5 Å². The van der Waals surface area contributed by atoms with E-state index < -0.39 is 0 Å². The highest BCUT2D eigenvalue weighted by molar-refractivity contribution is 5.52. The first-order valence-electron chi connectivity index (χ1n) is 6.10. The summed E-state index contributed by atoms with van der Waals surface area (Å²) in [5.74, 6) is 1.34. The molecule has 100 valence electrons. The van der Waals surface area contributed by atoms with Gasteiger partial charge >= 0.3 is 0 Å². The molecule has 0 spiro atoms. The molecule has 2 heterocycles. The zero-order valence-corrected chi connectivity index (χ0v) is 10.9. The van der Waals surface area contributed by atoms with Crippen LogP contribution >= 0.6 is 0 Å². The Balaban J connectivity index is 1.98. The lowest BCUT2D eigenvalue weighted by Gasteiger charge is -2.02. The van der Waals surface area contributed by atoms with Crippen LogP contribution in [0.4, 0.5) is 5.82 Å². The Morgan fingerprint density at radius 3 is 2.65 bits per heavy atom. The Morgan fingerprint density at radius 1 is 1.15 bits per heavy atom. The summed E-state index contributed by atoms with van der Waals surface area (Å²) in [6, 6.07) is 9.64. The second kappa shape index (κ2) is 5.00. The van der Waals surface area contributed by atoms with Crippen LogP contribution in [0.3, 0.4) is 0 Å². The molecule has 2 N–H and O–H groups in total. The summed E-state index contributed by atoms with van der Waals surface area (Å²) in [5.41, 5.74) is 7.71. The topological polar surface area (TPSA) is 78.9 Å². The van der Waals surface area contributed by atoms with E-state index in [2.05, 4.69) is 15.1 Å². The first-order chi connectivity index (χ1) is 9.75. The van der Waals surface area contributed by atoms with Crippen molar-refractivity contribution in [2.45, 2.75) is 6.92 Å². The Morgan fingerprint density at radius 2 is 1.95 bits per heavy atom. The van der Waals surface area contributed by atoms with Crippen LogP contribution in [-0.4, -0.2) is 19.7 Å². The highest BCUT2D eigenvalue weighted by atomic mass is 16.5. The van der Waals surface area contributed by atoms with Gasteiger partial charge in [-0.3, -0.25) is 4.98 Å². The van der Waals surface area contributed by atoms with Gasteiger partial charge in [0.1, 0.15) is 5.82 Å². The molecule has 20 heavy (non-hydrogen) atoms. The number of nitrogen functional groups attached to an aromatic ring is 1. The highest BCUT2D eigenvalue weighted by Crippen LogP contribution is 2.28. The molecule has 0 aliphatic heterocycles. The maximum absolute atomic E-state index is 6.07. The van der Waals surface area contributed by atoms with E-state index in [-0.39, 0.29) is 0 Å². The molecule has 6 nitrogen and oxygen atoms in total. The van der Waals surface area contributed by atoms with Gasteiger partial charge < -0.3 is 10.5 Å². The Labute approximate surface area is 115 Å². The normalized spacial score (nSPS) is 10.4. The highest BCUT2D eigenvalue weighted by Gasteiger charge is 2.15. The van der Waals surface area contributed by atoms with Crippen LogP contribution in [0.2, 0.25) is 0 Å². The van der Waals surface area contributed by atoms with Crippen LogP contribution in [0.1, 0.15) is 5.56 Å². The monoisotopic (exact) mass is 267 g/mol. The molecule has 0 saturated carbocycles. The Bertz CT molecular complexity index is 709. The van der Waals surface area contributed by atoms with E-state index in [4.69, 9.17) is 10.5 Å². The summed E-state index contributed by atoms with van der Waals surface area (Å²) in [6.45, 7) is 1.85. The Hall–Kier alpha value is -2.89. The van der Waals surface area contributed by atoms with E-state index >= 15 is 0 Å². The summed E-state index contributed by atoms with van der Waals surface area (Å²) in [5, 5.41) is 4.38. The van der Waals surface area contributed by atoms with Gasteiger partial charge in [0.05, 0.1) is 17.4 Å². The number of nitrogens with zero attached hydrogens (tertiary/aromatic N) is 4. The van der Waals surface area contributed by atoms with Crippen molar-refractivity contribution in [3.8, 4) is 17.4 Å². The summed E-state index contributed by atoms with van der Waals surface area (Å²) >= 11 is 0. The van der Waals surface area contributed by atoms with Gasteiger partial charge in [-0.25, -0.2) is 9.67 Å². The minimum atomic E-state index is 0.383. The number of hydrogen-bond donors (Lipinski definition) is 1. The zero-order chi connectivity index (χ0) is 13.9. The molecule has 1 aromatic carbocycles. The van der Waals surface area contributed by atoms with Crippen LogP contribution in [-0.2, 0) is 0 Å². The molecule has 0 saturated heterocycles. The SMILES string of the molecule is Cc1c(Oc2cnccn2)nn(-c2ccccc2)c1N. The summed E-state index contributed by atoms with van der Waals surface area (Å²) in [7, 11) is 0. The van der Waals surface area contributed by atoms with Crippen molar-refractivity contribution >= 4 is 5.82 Å². The number of ether oxygens (including phenoxy) is 1. The predicted molar refractivity (Wildman–Crippen MR) is 74.8 cm³/mol. The van der Waals surface area contributed by atoms with E-state index in [1.54, 1.807) is 17.1 Å². The lowest BCUT2D eigenvalue weighted by atomic mass is 10.3. The molecule has 0 atom stereocenters. The van der Waals surface area contributed by atoms with Gasteiger partial charge in [0.15, 0.2) is 0 Å². The molecule has 0 bridgehead atoms. The molecule has 3 aromatic rings. The van der Waals surface area contributed by atoms with Gasteiger partial charge in [-0.1, -0.05) is 18.2 Å². The van der Waals surface area contributed by atoms with Gasteiger partial charge in [0.25, 0.3) is 0 Å². The Kier molecular flexibility index (Phi) is 3.04. The zero-order valence-electron chi connectivity index (χ0n) is 10.9. The lowest BCUT2D eigenvalue weighted by Crippen LogP contribution is -2.01. The van der Waals surface area contributed by atoms with E-state index in [9.17, 15) is 0 Å². The molecule has 3 rings (SSSR count). The molecule has 0 unspecified atom stereocenters. The maximum Gasteiger partial charge on any atom is 0.245 e. The van der Waals surface area contributed by atoms with Crippen LogP contribution in [0, 0.1) is 6.92 Å². The standard InChI is InChI=1S/C14H13N5O/c1-10-13(15)19(11-5-3-2-4-6-11)18-14(10)20-12-9-16-7-8-17-12/h2-9H,15H2,1H3. The van der Waals surface area contributed by atoms with Crippen molar-refractivity contribution in [3.63, 3.8) is 0 Å². The van der Waals surface area contributed by atoms with Crippen LogP contribution in [0.25, 0.3) is 5.69 Å². The minimum Gasteiger partial charge on any atom is -0.417 e. The number of para-hydroxylation sites is 1. The third kappa shape index (κ3) is 2.18. The first-order valence-corrected chi connectivity index (χ1v) is 6.10. The molecule has 0 aliphatic rings. The third-order valence-electron chi connectivity index (χ3n) is 2.87. The van der Waals surface area contributed by atoms with Crippen LogP contribution < -0.4 is 10.5 Å². The van der Waals surface area contributed by atoms with Crippen molar-refractivity contribution < 1.29 is 4.74 Å². The number of nitrogens with two attached hydrogens (primary N) is 1. The summed E-state index contributed by atoms with van der Waals surface area (Å²) in [6.07, 6.45) is 4.66. The van der Waals surface area contributed by atoms with Crippen LogP contribution in [0.5, 0.6) is 11.8 Å². The fourth-order valence-electron chi connectivity index (χ4n) is 1.79. The molecular weight excluding hydrogens is 254 g/mol. The number of benzene rings is 1. The second-order valence-electron chi connectivity index (χ2n) is 4.21. The van der Waals surface area contributed by atoms with E-state index in [0.717, 1.165) is 11.3 Å². The van der Waals surface area contributed by atoms with Crippen molar-refractivity contribution in [2.24, 2.45) is 0 Å². The van der Waals surface area contributed by atoms with E-state index in [0.29, 0.717) is 17.6 Å². The number of anilines is 1. The lowest BCUT2D eigenvalue weighted by molar-refractivity contribution is 0.435. The number of aromatic nitrogens is 4. The average molecular weight is 267 g/mol. The van der Waals surface area contributed by atoms with Crippen molar-refractivity contribution in [1.82, 2.24) is 19.7 Å². The van der Waals surface area contributed by atoms with Gasteiger partial charge in [-0.15, -0.1) is 5.10 Å². The molecular formula is C14H13N5O. The minimum absolute atomic E-state index is 0.383. The molecule has 0 fully saturated rings. The fraction of sp³-hybridized carbons (Fsp3) is 0.0714. The number of rotatable bonds is 3. The third-order valence-corrected chi connectivity index (χ3v) is 2.87. The van der Waals surface area contributed by atoms with E-state index in [1.165, 1.54) is 6.20 Å². The van der Waals surface area contributed by atoms with Gasteiger partial charge in [0, 0.05) is 12.4 Å². The van der Waals surface area contributed by atoms with Crippen molar-refractivity contribution in [1.29, 1.82) is 0 Å². The first kappa shape index (κ1) is 12.2. The van der Waals surface area contributed by atoms with Gasteiger partial charge in [0.2, 0.25) is 11.8 Å². The molecule has 0 radical (unpaired) electrons. The average Bonchev–Trinajstić information content (AvgIpc) is 2.78. The summed E-state index contributed by atoms with van der Waals surface area (Å²) in [4.78, 5) is 8.00. The van der Waals surface area contributed by atoms with Crippen LogP contribution in [0.15, 0.2) is 48.9 Å². The largest absolute Gasteiger partial charge is 0.417 e. The number of hydrogen-bond acceptors (Lipinski definition) is 5. The van der Waals surface area contributed by atoms with E-state index in [1.807, 2.05) is 37.3 Å². The fourth-order valence-corrected chi connectivity index (χ4v) is 1.79. The second-order valence-corrected chi connectivity index (χ2v) is 4.21. The molecule has 6 heteroatoms. The molecule has 0 amide bonds. The molecule has 2 aromatic heterocycles. The maximum atomic E-state index is 6.07. The predicted octanol–water partition coefficient (Wildman–Crippen LogP) is 2.35. The van der Waals surface area contributed by atoms with Gasteiger partial charge in [-0.05, 0) is 19.1 Å². The summed E-state index contributed by atoms with van der Waals surface area (Å²) < 4.78 is 7.25. The smallest absolute Gasteiger partial charge is 0.245 e. The molecule has 0 aliphatic carbocycles. The quantitative estimate of drug-likeness (QED) is 0.788.